The predicted molar refractivity (Wildman–Crippen MR) is 112 cm³/mol. The Morgan fingerprint density at radius 3 is 2.45 bits per heavy atom. The van der Waals surface area contributed by atoms with Crippen molar-refractivity contribution >= 4 is 21.8 Å². The molecule has 0 N–H and O–H groups in total. The summed E-state index contributed by atoms with van der Waals surface area (Å²) < 4.78 is 16.6. The Hall–Kier alpha value is -2.71. The lowest BCUT2D eigenvalue weighted by Crippen LogP contribution is -2.35. The summed E-state index contributed by atoms with van der Waals surface area (Å²) >= 11 is 3.41. The van der Waals surface area contributed by atoms with E-state index in [9.17, 15) is 4.79 Å². The maximum absolute atomic E-state index is 12.9. The summed E-state index contributed by atoms with van der Waals surface area (Å²) in [5, 5.41) is 4.03. The van der Waals surface area contributed by atoms with Crippen LogP contribution < -0.4 is 4.74 Å². The summed E-state index contributed by atoms with van der Waals surface area (Å²) in [6.45, 7) is 1.35. The molecular weight excluding hydrogens is 438 g/mol. The minimum Gasteiger partial charge on any atom is -0.497 e. The van der Waals surface area contributed by atoms with Gasteiger partial charge in [-0.25, -0.2) is 0 Å². The highest BCUT2D eigenvalue weighted by atomic mass is 79.9. The second-order valence-corrected chi connectivity index (χ2v) is 7.20. The van der Waals surface area contributed by atoms with Crippen LogP contribution in [-0.4, -0.2) is 54.9 Å². The normalized spacial score (nSPS) is 10.7. The van der Waals surface area contributed by atoms with Crippen LogP contribution in [0.1, 0.15) is 16.2 Å². The molecule has 0 aliphatic heterocycles. The maximum atomic E-state index is 12.9. The standard InChI is InChI=1S/C21H22BrN3O4/c1-27-14-13-25(21(26)16-5-9-18(28-2)10-6-16)12-11-19-23-20(24-29-19)15-3-7-17(22)8-4-15/h3-10H,11-14H2,1-2H3. The second kappa shape index (κ2) is 10.2. The molecule has 3 aromatic rings. The summed E-state index contributed by atoms with van der Waals surface area (Å²) in [6.07, 6.45) is 0.454. The van der Waals surface area contributed by atoms with Gasteiger partial charge in [-0.15, -0.1) is 0 Å². The highest BCUT2D eigenvalue weighted by molar-refractivity contribution is 9.10. The first-order chi connectivity index (χ1) is 14.1. The quantitative estimate of drug-likeness (QED) is 0.483. The number of halogens is 1. The molecule has 0 atom stereocenters. The Labute approximate surface area is 177 Å². The fraction of sp³-hybridized carbons (Fsp3) is 0.286. The Morgan fingerprint density at radius 1 is 1.07 bits per heavy atom. The average molecular weight is 460 g/mol. The lowest BCUT2D eigenvalue weighted by atomic mass is 10.2. The first kappa shape index (κ1) is 21.0. The van der Waals surface area contributed by atoms with Gasteiger partial charge < -0.3 is 18.9 Å². The van der Waals surface area contributed by atoms with Gasteiger partial charge in [0.2, 0.25) is 11.7 Å². The van der Waals surface area contributed by atoms with Crippen LogP contribution in [0.4, 0.5) is 0 Å². The van der Waals surface area contributed by atoms with Gasteiger partial charge in [-0.3, -0.25) is 4.79 Å². The highest BCUT2D eigenvalue weighted by Gasteiger charge is 2.17. The minimum absolute atomic E-state index is 0.0858. The number of aromatic nitrogens is 2. The van der Waals surface area contributed by atoms with E-state index in [2.05, 4.69) is 26.1 Å². The number of carbonyl (C=O) groups excluding carboxylic acids is 1. The molecule has 0 aliphatic carbocycles. The summed E-state index contributed by atoms with van der Waals surface area (Å²) in [7, 11) is 3.20. The summed E-state index contributed by atoms with van der Waals surface area (Å²) in [6, 6.07) is 14.7. The van der Waals surface area contributed by atoms with Gasteiger partial charge in [-0.2, -0.15) is 4.98 Å². The van der Waals surface area contributed by atoms with Crippen LogP contribution in [0.5, 0.6) is 5.75 Å². The molecule has 8 heteroatoms. The molecule has 0 saturated carbocycles. The number of ether oxygens (including phenoxy) is 2. The van der Waals surface area contributed by atoms with Crippen molar-refractivity contribution < 1.29 is 18.8 Å². The molecule has 0 aliphatic rings. The molecule has 1 amide bonds. The van der Waals surface area contributed by atoms with E-state index in [4.69, 9.17) is 14.0 Å². The summed E-state index contributed by atoms with van der Waals surface area (Å²) in [5.74, 6) is 1.62. The first-order valence-electron chi connectivity index (χ1n) is 9.11. The zero-order valence-electron chi connectivity index (χ0n) is 16.3. The van der Waals surface area contributed by atoms with E-state index >= 15 is 0 Å². The maximum Gasteiger partial charge on any atom is 0.253 e. The molecule has 7 nitrogen and oxygen atoms in total. The Bertz CT molecular complexity index is 926. The fourth-order valence-electron chi connectivity index (χ4n) is 2.74. The van der Waals surface area contributed by atoms with Gasteiger partial charge in [-0.1, -0.05) is 21.1 Å². The second-order valence-electron chi connectivity index (χ2n) is 6.28. The van der Waals surface area contributed by atoms with E-state index in [1.807, 2.05) is 24.3 Å². The third-order valence-corrected chi connectivity index (χ3v) is 4.88. The number of benzene rings is 2. The molecule has 0 saturated heterocycles. The number of methoxy groups -OCH3 is 2. The smallest absolute Gasteiger partial charge is 0.253 e. The minimum atomic E-state index is -0.0858. The van der Waals surface area contributed by atoms with E-state index in [-0.39, 0.29) is 5.91 Å². The van der Waals surface area contributed by atoms with E-state index < -0.39 is 0 Å². The van der Waals surface area contributed by atoms with Crippen molar-refractivity contribution in [3.8, 4) is 17.1 Å². The van der Waals surface area contributed by atoms with Crippen molar-refractivity contribution in [2.24, 2.45) is 0 Å². The molecule has 2 aromatic carbocycles. The Kier molecular flexibility index (Phi) is 7.37. The van der Waals surface area contributed by atoms with Crippen LogP contribution in [-0.2, 0) is 11.2 Å². The van der Waals surface area contributed by atoms with Crippen molar-refractivity contribution in [3.05, 3.63) is 64.5 Å². The SMILES string of the molecule is COCCN(CCc1nc(-c2ccc(Br)cc2)no1)C(=O)c1ccc(OC)cc1. The predicted octanol–water partition coefficient (Wildman–Crippen LogP) is 3.84. The fourth-order valence-corrected chi connectivity index (χ4v) is 3.00. The molecule has 0 unspecified atom stereocenters. The monoisotopic (exact) mass is 459 g/mol. The van der Waals surface area contributed by atoms with E-state index in [1.54, 1.807) is 43.4 Å². The van der Waals surface area contributed by atoms with Crippen LogP contribution in [0.25, 0.3) is 11.4 Å². The van der Waals surface area contributed by atoms with Crippen LogP contribution in [0, 0.1) is 0 Å². The number of rotatable bonds is 9. The molecule has 0 bridgehead atoms. The molecule has 0 radical (unpaired) electrons. The third kappa shape index (κ3) is 5.65. The van der Waals surface area contributed by atoms with E-state index in [0.717, 1.165) is 10.0 Å². The van der Waals surface area contributed by atoms with Gasteiger partial charge in [0.25, 0.3) is 5.91 Å². The Balaban J connectivity index is 1.67. The number of amides is 1. The molecule has 1 aromatic heterocycles. The Morgan fingerprint density at radius 2 is 1.79 bits per heavy atom. The van der Waals surface area contributed by atoms with Gasteiger partial charge >= 0.3 is 0 Å². The van der Waals surface area contributed by atoms with Gasteiger partial charge in [0.1, 0.15) is 5.75 Å². The zero-order valence-corrected chi connectivity index (χ0v) is 17.9. The van der Waals surface area contributed by atoms with Gasteiger partial charge in [0.05, 0.1) is 13.7 Å². The lowest BCUT2D eigenvalue weighted by Gasteiger charge is -2.22. The van der Waals surface area contributed by atoms with Crippen molar-refractivity contribution in [1.82, 2.24) is 15.0 Å². The summed E-state index contributed by atoms with van der Waals surface area (Å²) in [5.41, 5.74) is 1.46. The van der Waals surface area contributed by atoms with Gasteiger partial charge in [-0.05, 0) is 48.5 Å². The van der Waals surface area contributed by atoms with Crippen molar-refractivity contribution in [2.75, 3.05) is 33.9 Å². The van der Waals surface area contributed by atoms with Gasteiger partial charge in [0, 0.05) is 42.2 Å². The van der Waals surface area contributed by atoms with E-state index in [1.165, 1.54) is 0 Å². The van der Waals surface area contributed by atoms with Crippen LogP contribution in [0.3, 0.4) is 0 Å². The summed E-state index contributed by atoms with van der Waals surface area (Å²) in [4.78, 5) is 19.0. The molecule has 29 heavy (non-hydrogen) atoms. The van der Waals surface area contributed by atoms with Crippen LogP contribution >= 0.6 is 15.9 Å². The largest absolute Gasteiger partial charge is 0.497 e. The molecule has 0 spiro atoms. The number of hydrogen-bond donors (Lipinski definition) is 0. The number of hydrogen-bond acceptors (Lipinski definition) is 6. The highest BCUT2D eigenvalue weighted by Crippen LogP contribution is 2.19. The molecule has 1 heterocycles. The van der Waals surface area contributed by atoms with Crippen molar-refractivity contribution in [1.29, 1.82) is 0 Å². The molecular formula is C21H22BrN3O4. The molecule has 152 valence electrons. The van der Waals surface area contributed by atoms with Crippen molar-refractivity contribution in [2.45, 2.75) is 6.42 Å². The third-order valence-electron chi connectivity index (χ3n) is 4.36. The lowest BCUT2D eigenvalue weighted by molar-refractivity contribution is 0.0694. The molecule has 0 fully saturated rings. The first-order valence-corrected chi connectivity index (χ1v) is 9.91. The van der Waals surface area contributed by atoms with Crippen LogP contribution in [0.15, 0.2) is 57.5 Å². The molecule has 3 rings (SSSR count). The zero-order chi connectivity index (χ0) is 20.6. The van der Waals surface area contributed by atoms with Crippen molar-refractivity contribution in [3.63, 3.8) is 0 Å². The van der Waals surface area contributed by atoms with E-state index in [0.29, 0.717) is 49.1 Å². The number of nitrogens with zero attached hydrogens (tertiary/aromatic N) is 3. The topological polar surface area (TPSA) is 77.7 Å². The van der Waals surface area contributed by atoms with Gasteiger partial charge in [0.15, 0.2) is 0 Å². The average Bonchev–Trinajstić information content (AvgIpc) is 3.23. The van der Waals surface area contributed by atoms with Crippen LogP contribution in [0.2, 0.25) is 0 Å². The number of carbonyl (C=O) groups is 1.